The van der Waals surface area contributed by atoms with Gasteiger partial charge in [0.05, 0.1) is 33.9 Å². The number of esters is 1. The molecule has 2 amide bonds. The summed E-state index contributed by atoms with van der Waals surface area (Å²) in [5.74, 6) is -1.85. The number of aliphatic hydroxyl groups excluding tert-OH is 1. The average Bonchev–Trinajstić information content (AvgIpc) is 3.43. The number of likely N-dealkylation sites (tertiary alicyclic amines) is 1. The number of carbonyl (C=O) groups is 3. The van der Waals surface area contributed by atoms with Crippen molar-refractivity contribution in [3.8, 4) is 0 Å². The number of rotatable bonds is 12. The molecule has 202 valence electrons. The summed E-state index contributed by atoms with van der Waals surface area (Å²) in [5, 5.41) is 9.57. The number of ether oxygens (including phenoxy) is 1. The molecule has 2 bridgehead atoms. The molecule has 7 nitrogen and oxygen atoms in total. The van der Waals surface area contributed by atoms with Crippen LogP contribution in [0.15, 0.2) is 36.9 Å². The minimum Gasteiger partial charge on any atom is -0.466 e. The van der Waals surface area contributed by atoms with Gasteiger partial charge in [0, 0.05) is 24.4 Å². The summed E-state index contributed by atoms with van der Waals surface area (Å²) in [6.45, 7) is 8.73. The highest BCUT2D eigenvalue weighted by atomic mass is 35.5. The van der Waals surface area contributed by atoms with Gasteiger partial charge in [-0.15, -0.1) is 18.3 Å². The number of hydrogen-bond donors (Lipinski definition) is 1. The molecule has 1 aromatic carbocycles. The van der Waals surface area contributed by atoms with Gasteiger partial charge < -0.3 is 19.6 Å². The van der Waals surface area contributed by atoms with Crippen LogP contribution in [0.4, 0.5) is 5.69 Å². The number of unbranched alkanes of at least 4 members (excludes halogenated alkanes) is 3. The Kier molecular flexibility index (Phi) is 8.61. The van der Waals surface area contributed by atoms with Crippen LogP contribution in [0.1, 0.15) is 52.4 Å². The Balaban J connectivity index is 1.74. The van der Waals surface area contributed by atoms with Crippen molar-refractivity contribution in [1.82, 2.24) is 4.90 Å². The fraction of sp³-hybridized carbons (Fsp3) is 0.607. The first kappa shape index (κ1) is 28.0. The third kappa shape index (κ3) is 4.81. The van der Waals surface area contributed by atoms with Gasteiger partial charge in [0.25, 0.3) is 5.91 Å². The summed E-state index contributed by atoms with van der Waals surface area (Å²) < 4.78 is 4.30. The predicted molar refractivity (Wildman–Crippen MR) is 147 cm³/mol. The smallest absolute Gasteiger partial charge is 0.311 e. The van der Waals surface area contributed by atoms with Gasteiger partial charge in [-0.05, 0) is 51.7 Å². The third-order valence-electron chi connectivity index (χ3n) is 8.08. The van der Waals surface area contributed by atoms with E-state index in [9.17, 15) is 14.4 Å². The average molecular weight is 549 g/mol. The Morgan fingerprint density at radius 3 is 2.68 bits per heavy atom. The molecule has 3 heterocycles. The maximum Gasteiger partial charge on any atom is 0.311 e. The first-order chi connectivity index (χ1) is 17.8. The van der Waals surface area contributed by atoms with Gasteiger partial charge in [0.2, 0.25) is 5.91 Å². The van der Waals surface area contributed by atoms with Crippen molar-refractivity contribution < 1.29 is 24.2 Å². The second-order valence-electron chi connectivity index (χ2n) is 10.3. The lowest BCUT2D eigenvalue weighted by molar-refractivity contribution is -0.155. The number of aliphatic hydroxyl groups is 1. The largest absolute Gasteiger partial charge is 0.466 e. The van der Waals surface area contributed by atoms with Crippen LogP contribution in [-0.4, -0.2) is 69.6 Å². The number of fused-ring (bicyclic) bond motifs is 1. The minimum atomic E-state index is -0.717. The highest BCUT2D eigenvalue weighted by molar-refractivity contribution is 8.02. The van der Waals surface area contributed by atoms with Crippen LogP contribution in [0.25, 0.3) is 0 Å². The molecule has 3 aliphatic rings. The van der Waals surface area contributed by atoms with E-state index >= 15 is 0 Å². The van der Waals surface area contributed by atoms with Gasteiger partial charge in [0.1, 0.15) is 6.04 Å². The number of para-hydroxylation sites is 1. The van der Waals surface area contributed by atoms with E-state index in [1.807, 2.05) is 19.1 Å². The van der Waals surface area contributed by atoms with Gasteiger partial charge in [0.15, 0.2) is 0 Å². The summed E-state index contributed by atoms with van der Waals surface area (Å²) >= 11 is 8.15. The highest BCUT2D eigenvalue weighted by Crippen LogP contribution is 2.71. The quantitative estimate of drug-likeness (QED) is 0.236. The molecule has 4 rings (SSSR count). The number of halogens is 1. The summed E-state index contributed by atoms with van der Waals surface area (Å²) in [6, 6.07) is 6.47. The zero-order valence-electron chi connectivity index (χ0n) is 21.7. The number of benzene rings is 1. The molecule has 37 heavy (non-hydrogen) atoms. The molecular weight excluding hydrogens is 512 g/mol. The second kappa shape index (κ2) is 11.4. The molecule has 1 aromatic rings. The molecule has 1 N–H and O–H groups in total. The number of carbonyl (C=O) groups excluding carboxylic acids is 3. The number of hydrogen-bond acceptors (Lipinski definition) is 6. The summed E-state index contributed by atoms with van der Waals surface area (Å²) in [7, 11) is 0. The highest BCUT2D eigenvalue weighted by Gasteiger charge is 2.77. The van der Waals surface area contributed by atoms with Crippen LogP contribution in [0.2, 0.25) is 5.02 Å². The summed E-state index contributed by atoms with van der Waals surface area (Å²) in [6.07, 6.45) is 6.21. The van der Waals surface area contributed by atoms with E-state index in [0.29, 0.717) is 30.1 Å². The lowest BCUT2D eigenvalue weighted by atomic mass is 9.66. The lowest BCUT2D eigenvalue weighted by Gasteiger charge is -2.37. The van der Waals surface area contributed by atoms with E-state index in [0.717, 1.165) is 25.7 Å². The molecule has 5 atom stereocenters. The molecule has 0 aliphatic carbocycles. The first-order valence-corrected chi connectivity index (χ1v) is 14.4. The van der Waals surface area contributed by atoms with E-state index in [-0.39, 0.29) is 37.5 Å². The fourth-order valence-electron chi connectivity index (χ4n) is 6.54. The monoisotopic (exact) mass is 548 g/mol. The van der Waals surface area contributed by atoms with Crippen LogP contribution in [0, 0.1) is 11.8 Å². The molecule has 2 unspecified atom stereocenters. The van der Waals surface area contributed by atoms with Crippen LogP contribution < -0.4 is 4.90 Å². The van der Waals surface area contributed by atoms with Crippen molar-refractivity contribution in [2.24, 2.45) is 11.8 Å². The van der Waals surface area contributed by atoms with Crippen molar-refractivity contribution in [2.75, 3.05) is 31.2 Å². The number of thioether (sulfide) groups is 1. The van der Waals surface area contributed by atoms with Crippen molar-refractivity contribution in [3.63, 3.8) is 0 Å². The minimum absolute atomic E-state index is 0.132. The third-order valence-corrected chi connectivity index (χ3v) is 10.4. The molecule has 0 saturated carbocycles. The van der Waals surface area contributed by atoms with E-state index in [4.69, 9.17) is 21.4 Å². The van der Waals surface area contributed by atoms with Crippen molar-refractivity contribution in [2.45, 2.75) is 67.9 Å². The van der Waals surface area contributed by atoms with E-state index in [1.165, 1.54) is 0 Å². The van der Waals surface area contributed by atoms with Crippen LogP contribution >= 0.6 is 23.4 Å². The number of nitrogens with zero attached hydrogens (tertiary/aromatic N) is 2. The Morgan fingerprint density at radius 1 is 1.27 bits per heavy atom. The van der Waals surface area contributed by atoms with Gasteiger partial charge >= 0.3 is 5.97 Å². The standard InChI is InChI=1S/C28H37ClN2O5S/c1-4-16-30(20-13-9-8-12-19(20)29)25(34)23-28-15-14-27(3,37-28)22(26(35)36-5-2)21(28)24(33)31(23)17-10-6-7-11-18-32/h4,8-9,12-13,21-23,32H,1,5-7,10-11,14-18H2,2-3H3/t21-,22+,23?,27-,28?/m0/s1. The van der Waals surface area contributed by atoms with Crippen molar-refractivity contribution >= 4 is 46.8 Å². The second-order valence-corrected chi connectivity index (χ2v) is 12.6. The molecular formula is C28H37ClN2O5S. The molecule has 9 heteroatoms. The zero-order chi connectivity index (χ0) is 26.8. The molecule has 0 aromatic heterocycles. The number of amides is 2. The van der Waals surface area contributed by atoms with Crippen LogP contribution in [0.3, 0.4) is 0 Å². The Morgan fingerprint density at radius 2 is 2.00 bits per heavy atom. The summed E-state index contributed by atoms with van der Waals surface area (Å²) in [5.41, 5.74) is 0.579. The predicted octanol–water partition coefficient (Wildman–Crippen LogP) is 4.46. The Hall–Kier alpha value is -2.03. The molecule has 1 spiro atoms. The van der Waals surface area contributed by atoms with E-state index < -0.39 is 27.4 Å². The normalized spacial score (nSPS) is 29.9. The van der Waals surface area contributed by atoms with Gasteiger partial charge in [-0.3, -0.25) is 14.4 Å². The van der Waals surface area contributed by atoms with Crippen molar-refractivity contribution in [1.29, 1.82) is 0 Å². The lowest BCUT2D eigenvalue weighted by Crippen LogP contribution is -2.55. The summed E-state index contributed by atoms with van der Waals surface area (Å²) in [4.78, 5) is 45.1. The SMILES string of the molecule is C=CCN(C(=O)C1N(CCCCCCO)C(=O)[C@@H]2[C@H](C(=O)OCC)[C@]3(C)CCC12S3)c1ccccc1Cl. The topological polar surface area (TPSA) is 87.2 Å². The Labute approximate surface area is 228 Å². The van der Waals surface area contributed by atoms with Crippen LogP contribution in [-0.2, 0) is 19.1 Å². The van der Waals surface area contributed by atoms with Gasteiger partial charge in [-0.25, -0.2) is 0 Å². The first-order valence-electron chi connectivity index (χ1n) is 13.2. The molecule has 3 fully saturated rings. The van der Waals surface area contributed by atoms with E-state index in [2.05, 4.69) is 6.58 Å². The van der Waals surface area contributed by atoms with Gasteiger partial charge in [-0.1, -0.05) is 42.7 Å². The zero-order valence-corrected chi connectivity index (χ0v) is 23.2. The van der Waals surface area contributed by atoms with E-state index in [1.54, 1.807) is 46.7 Å². The molecule has 3 saturated heterocycles. The molecule has 3 aliphatic heterocycles. The maximum atomic E-state index is 14.5. The maximum absolute atomic E-state index is 14.5. The Bertz CT molecular complexity index is 1050. The van der Waals surface area contributed by atoms with Crippen molar-refractivity contribution in [3.05, 3.63) is 41.9 Å². The van der Waals surface area contributed by atoms with Gasteiger partial charge in [-0.2, -0.15) is 0 Å². The molecule has 0 radical (unpaired) electrons. The fourth-order valence-corrected chi connectivity index (χ4v) is 9.11. The van der Waals surface area contributed by atoms with Crippen LogP contribution in [0.5, 0.6) is 0 Å². The number of anilines is 1.